The van der Waals surface area contributed by atoms with Gasteiger partial charge in [-0.25, -0.2) is 0 Å². The van der Waals surface area contributed by atoms with Crippen LogP contribution >= 0.6 is 0 Å². The predicted octanol–water partition coefficient (Wildman–Crippen LogP) is 8.89. The molecule has 1 N–H and O–H groups in total. The second-order valence-corrected chi connectivity index (χ2v) is 12.1. The molecule has 4 heteroatoms. The van der Waals surface area contributed by atoms with Crippen LogP contribution in [0, 0.1) is 0 Å². The largest absolute Gasteiger partial charge is 0.371 e. The Balaban J connectivity index is 1.25. The molecular weight excluding hydrogens is 524 g/mol. The second-order valence-electron chi connectivity index (χ2n) is 12.1. The number of nitrogens with zero attached hydrogens (tertiary/aromatic N) is 3. The van der Waals surface area contributed by atoms with Gasteiger partial charge < -0.3 is 9.88 Å². The molecule has 0 spiro atoms. The van der Waals surface area contributed by atoms with E-state index in [1.165, 1.54) is 58.2 Å². The summed E-state index contributed by atoms with van der Waals surface area (Å²) in [5, 5.41) is 5.09. The number of fused-ring (bicyclic) bond motifs is 3. The number of hydrogen-bond donors (Lipinski definition) is 1. The van der Waals surface area contributed by atoms with Crippen molar-refractivity contribution in [2.45, 2.75) is 56.4 Å². The molecule has 3 aliphatic rings. The molecule has 0 radical (unpaired) electrons. The Kier molecular flexibility index (Phi) is 6.55. The minimum atomic E-state index is -0.0487. The number of para-hydroxylation sites is 1. The first-order valence-corrected chi connectivity index (χ1v) is 15.7. The maximum Gasteiger partial charge on any atom is 0.0876 e. The van der Waals surface area contributed by atoms with E-state index >= 15 is 0 Å². The lowest BCUT2D eigenvalue weighted by atomic mass is 9.64. The first-order valence-electron chi connectivity index (χ1n) is 15.7. The third kappa shape index (κ3) is 4.53. The Labute approximate surface area is 253 Å². The standard InChI is InChI=1S/C39H36N4/c1-8-22-39(23-9-1,29-26-35(33-14-6-10-24-40-33)42-36(27-29)34-15-7-11-25-41-34)28-18-20-30(21-19-28)43-37-16-4-2-12-31(37)32-13-3-5-17-38(32)43/h2-4,6-7,10-16,18-21,24-27,35,42H,1,5,8-9,17,22-23H2. The third-order valence-corrected chi connectivity index (χ3v) is 9.69. The highest BCUT2D eigenvalue weighted by atomic mass is 15.0. The van der Waals surface area contributed by atoms with E-state index in [0.29, 0.717) is 0 Å². The van der Waals surface area contributed by atoms with E-state index in [2.05, 4.69) is 107 Å². The van der Waals surface area contributed by atoms with Crippen molar-refractivity contribution in [2.24, 2.45) is 0 Å². The van der Waals surface area contributed by atoms with Gasteiger partial charge in [0.25, 0.3) is 0 Å². The maximum atomic E-state index is 4.74. The van der Waals surface area contributed by atoms with Gasteiger partial charge in [-0.2, -0.15) is 0 Å². The van der Waals surface area contributed by atoms with Gasteiger partial charge in [0, 0.05) is 40.1 Å². The summed E-state index contributed by atoms with van der Waals surface area (Å²) < 4.78 is 2.49. The molecule has 2 aliphatic carbocycles. The van der Waals surface area contributed by atoms with Crippen molar-refractivity contribution in [2.75, 3.05) is 0 Å². The van der Waals surface area contributed by atoms with Crippen LogP contribution in [0.5, 0.6) is 0 Å². The Morgan fingerprint density at radius 2 is 1.58 bits per heavy atom. The summed E-state index contributed by atoms with van der Waals surface area (Å²) in [5.41, 5.74) is 11.1. The van der Waals surface area contributed by atoms with Crippen molar-refractivity contribution >= 4 is 22.7 Å². The van der Waals surface area contributed by atoms with E-state index in [1.807, 2.05) is 24.5 Å². The number of allylic oxidation sites excluding steroid dienone is 3. The summed E-state index contributed by atoms with van der Waals surface area (Å²) in [7, 11) is 0. The Hall–Kier alpha value is -4.70. The van der Waals surface area contributed by atoms with Crippen LogP contribution in [0.15, 0.2) is 121 Å². The van der Waals surface area contributed by atoms with Crippen molar-refractivity contribution in [3.8, 4) is 5.69 Å². The third-order valence-electron chi connectivity index (χ3n) is 9.69. The highest BCUT2D eigenvalue weighted by Crippen LogP contribution is 2.48. The van der Waals surface area contributed by atoms with Crippen molar-refractivity contribution in [1.29, 1.82) is 0 Å². The molecule has 212 valence electrons. The van der Waals surface area contributed by atoms with Crippen molar-refractivity contribution in [3.63, 3.8) is 0 Å². The number of benzene rings is 2. The van der Waals surface area contributed by atoms with Gasteiger partial charge in [-0.3, -0.25) is 9.97 Å². The Bertz CT molecular complexity index is 1850. The SMILES string of the molecule is C1=Cc2c(n(-c3ccc(C4(C5=CC(c6ccccn6)NC(c6ccccn6)=C5)CCCCC4)cc3)c3ccccc23)CC1. The molecule has 4 nitrogen and oxygen atoms in total. The molecule has 2 aromatic carbocycles. The van der Waals surface area contributed by atoms with Crippen LogP contribution in [0.2, 0.25) is 0 Å². The molecule has 8 rings (SSSR count). The minimum Gasteiger partial charge on any atom is -0.371 e. The molecule has 1 saturated carbocycles. The van der Waals surface area contributed by atoms with Crippen LogP contribution in [0.3, 0.4) is 0 Å². The predicted molar refractivity (Wildman–Crippen MR) is 176 cm³/mol. The highest BCUT2D eigenvalue weighted by molar-refractivity contribution is 5.93. The van der Waals surface area contributed by atoms with Gasteiger partial charge in [0.2, 0.25) is 0 Å². The molecule has 1 fully saturated rings. The Morgan fingerprint density at radius 3 is 2.37 bits per heavy atom. The second kappa shape index (κ2) is 10.9. The van der Waals surface area contributed by atoms with Crippen LogP contribution in [-0.4, -0.2) is 14.5 Å². The first kappa shape index (κ1) is 26.0. The summed E-state index contributed by atoms with van der Waals surface area (Å²) in [6, 6.07) is 30.7. The fourth-order valence-electron chi connectivity index (χ4n) is 7.62. The fourth-order valence-corrected chi connectivity index (χ4v) is 7.62. The average molecular weight is 561 g/mol. The van der Waals surface area contributed by atoms with Crippen LogP contribution in [0.25, 0.3) is 28.4 Å². The van der Waals surface area contributed by atoms with Gasteiger partial charge in [0.1, 0.15) is 0 Å². The lowest BCUT2D eigenvalue weighted by Gasteiger charge is -2.41. The van der Waals surface area contributed by atoms with E-state index in [4.69, 9.17) is 9.97 Å². The molecule has 1 aliphatic heterocycles. The van der Waals surface area contributed by atoms with Crippen LogP contribution in [-0.2, 0) is 11.8 Å². The number of rotatable bonds is 5. The van der Waals surface area contributed by atoms with E-state index in [-0.39, 0.29) is 11.5 Å². The topological polar surface area (TPSA) is 42.7 Å². The first-order chi connectivity index (χ1) is 21.3. The number of dihydropyridines is 1. The summed E-state index contributed by atoms with van der Waals surface area (Å²) >= 11 is 0. The molecule has 43 heavy (non-hydrogen) atoms. The maximum absolute atomic E-state index is 4.74. The lowest BCUT2D eigenvalue weighted by molar-refractivity contribution is 0.342. The summed E-state index contributed by atoms with van der Waals surface area (Å²) in [5.74, 6) is 0. The van der Waals surface area contributed by atoms with Gasteiger partial charge in [0.05, 0.1) is 28.6 Å². The quantitative estimate of drug-likeness (QED) is 0.233. The van der Waals surface area contributed by atoms with Gasteiger partial charge in [-0.15, -0.1) is 0 Å². The lowest BCUT2D eigenvalue weighted by Crippen LogP contribution is -2.34. The number of aromatic nitrogens is 3. The molecule has 0 bridgehead atoms. The van der Waals surface area contributed by atoms with Gasteiger partial charge in [-0.1, -0.05) is 80.0 Å². The monoisotopic (exact) mass is 560 g/mol. The zero-order valence-electron chi connectivity index (χ0n) is 24.4. The van der Waals surface area contributed by atoms with Gasteiger partial charge >= 0.3 is 0 Å². The molecule has 3 aromatic heterocycles. The number of pyridine rings is 2. The fraction of sp³-hybridized carbons (Fsp3) is 0.231. The summed E-state index contributed by atoms with van der Waals surface area (Å²) in [6.07, 6.45) is 21.4. The van der Waals surface area contributed by atoms with E-state index in [1.54, 1.807) is 0 Å². The molecule has 5 aromatic rings. The molecule has 0 amide bonds. The molecule has 0 saturated heterocycles. The molecule has 1 atom stereocenters. The molecular formula is C39H36N4. The van der Waals surface area contributed by atoms with Crippen LogP contribution < -0.4 is 5.32 Å². The van der Waals surface area contributed by atoms with Crippen LogP contribution in [0.4, 0.5) is 0 Å². The van der Waals surface area contributed by atoms with E-state index in [0.717, 1.165) is 42.8 Å². The van der Waals surface area contributed by atoms with Gasteiger partial charge in [0.15, 0.2) is 0 Å². The number of hydrogen-bond acceptors (Lipinski definition) is 3. The minimum absolute atomic E-state index is 0.0119. The zero-order valence-corrected chi connectivity index (χ0v) is 24.4. The van der Waals surface area contributed by atoms with E-state index < -0.39 is 0 Å². The van der Waals surface area contributed by atoms with Crippen LogP contribution in [0.1, 0.15) is 72.8 Å². The van der Waals surface area contributed by atoms with Gasteiger partial charge in [-0.05, 0) is 85.4 Å². The van der Waals surface area contributed by atoms with Crippen molar-refractivity contribution in [1.82, 2.24) is 19.9 Å². The zero-order chi connectivity index (χ0) is 28.6. The smallest absolute Gasteiger partial charge is 0.0876 e. The average Bonchev–Trinajstić information content (AvgIpc) is 3.44. The van der Waals surface area contributed by atoms with Crippen molar-refractivity contribution in [3.05, 3.63) is 149 Å². The molecule has 1 unspecified atom stereocenters. The summed E-state index contributed by atoms with van der Waals surface area (Å²) in [6.45, 7) is 0. The molecule has 4 heterocycles. The van der Waals surface area contributed by atoms with Crippen molar-refractivity contribution < 1.29 is 0 Å². The number of nitrogens with one attached hydrogen (secondary N) is 1. The van der Waals surface area contributed by atoms with E-state index in [9.17, 15) is 0 Å². The highest BCUT2D eigenvalue weighted by Gasteiger charge is 2.39. The summed E-state index contributed by atoms with van der Waals surface area (Å²) in [4.78, 5) is 9.46. The Morgan fingerprint density at radius 1 is 0.791 bits per heavy atom. The normalized spacial score (nSPS) is 19.3.